The number of carbonyl (C=O) groups is 2. The summed E-state index contributed by atoms with van der Waals surface area (Å²) in [7, 11) is 0. The van der Waals surface area contributed by atoms with E-state index in [9.17, 15) is 22.8 Å². The van der Waals surface area contributed by atoms with E-state index in [0.29, 0.717) is 19.7 Å². The number of carbonyl (C=O) groups excluding carboxylic acids is 2. The van der Waals surface area contributed by atoms with E-state index in [0.717, 1.165) is 12.1 Å². The summed E-state index contributed by atoms with van der Waals surface area (Å²) in [5.74, 6) is -0.103. The maximum Gasteiger partial charge on any atom is 0.418 e. The van der Waals surface area contributed by atoms with Gasteiger partial charge in [-0.1, -0.05) is 11.6 Å². The first-order valence-electron chi connectivity index (χ1n) is 7.45. The van der Waals surface area contributed by atoms with Crippen molar-refractivity contribution in [2.24, 2.45) is 0 Å². The Balaban J connectivity index is 1.94. The number of halogens is 4. The van der Waals surface area contributed by atoms with Gasteiger partial charge < -0.3 is 20.3 Å². The van der Waals surface area contributed by atoms with E-state index in [1.54, 1.807) is 4.90 Å². The van der Waals surface area contributed by atoms with Crippen molar-refractivity contribution >= 4 is 29.2 Å². The smallest absolute Gasteiger partial charge is 0.373 e. The number of nitrogens with zero attached hydrogens (tertiary/aromatic N) is 1. The van der Waals surface area contributed by atoms with Gasteiger partial charge in [-0.3, -0.25) is 4.79 Å². The van der Waals surface area contributed by atoms with E-state index in [2.05, 4.69) is 10.6 Å². The Morgan fingerprint density at radius 1 is 1.40 bits per heavy atom. The predicted octanol–water partition coefficient (Wildman–Crippen LogP) is 2.73. The van der Waals surface area contributed by atoms with Gasteiger partial charge in [0.15, 0.2) is 0 Å². The van der Waals surface area contributed by atoms with Crippen molar-refractivity contribution in [2.75, 3.05) is 31.6 Å². The number of benzene rings is 1. The number of amides is 3. The Hall–Kier alpha value is -2.00. The van der Waals surface area contributed by atoms with E-state index in [-0.39, 0.29) is 17.5 Å². The number of alkyl halides is 3. The average Bonchev–Trinajstić information content (AvgIpc) is 2.54. The van der Waals surface area contributed by atoms with Crippen molar-refractivity contribution in [1.82, 2.24) is 10.2 Å². The molecule has 0 bridgehead atoms. The molecule has 25 heavy (non-hydrogen) atoms. The van der Waals surface area contributed by atoms with Gasteiger partial charge >= 0.3 is 12.2 Å². The highest BCUT2D eigenvalue weighted by Gasteiger charge is 2.34. The predicted molar refractivity (Wildman–Crippen MR) is 85.5 cm³/mol. The molecule has 6 nitrogen and oxygen atoms in total. The second kappa shape index (κ2) is 7.92. The maximum atomic E-state index is 13.0. The Morgan fingerprint density at radius 3 is 2.76 bits per heavy atom. The van der Waals surface area contributed by atoms with Crippen LogP contribution in [0.3, 0.4) is 0 Å². The van der Waals surface area contributed by atoms with E-state index < -0.39 is 29.6 Å². The lowest BCUT2D eigenvalue weighted by Gasteiger charge is -2.32. The molecule has 3 amide bonds. The van der Waals surface area contributed by atoms with Crippen molar-refractivity contribution in [3.05, 3.63) is 28.8 Å². The zero-order valence-corrected chi connectivity index (χ0v) is 14.1. The molecule has 0 aliphatic carbocycles. The molecule has 1 fully saturated rings. The van der Waals surface area contributed by atoms with Gasteiger partial charge in [-0.05, 0) is 18.2 Å². The van der Waals surface area contributed by atoms with Crippen molar-refractivity contribution in [3.8, 4) is 0 Å². The molecule has 2 rings (SSSR count). The first-order chi connectivity index (χ1) is 11.7. The lowest BCUT2D eigenvalue weighted by Crippen LogP contribution is -2.49. The zero-order chi connectivity index (χ0) is 18.6. The maximum absolute atomic E-state index is 13.0. The molecule has 1 aromatic rings. The fraction of sp³-hybridized carbons (Fsp3) is 0.467. The first-order valence-corrected chi connectivity index (χ1v) is 7.83. The molecule has 1 aliphatic rings. The highest BCUT2D eigenvalue weighted by molar-refractivity contribution is 6.30. The van der Waals surface area contributed by atoms with Crippen LogP contribution in [-0.2, 0) is 15.7 Å². The second-order valence-electron chi connectivity index (χ2n) is 5.48. The number of rotatable bonds is 3. The fourth-order valence-corrected chi connectivity index (χ4v) is 2.53. The van der Waals surface area contributed by atoms with Gasteiger partial charge in [0.05, 0.1) is 24.0 Å². The third kappa shape index (κ3) is 5.50. The van der Waals surface area contributed by atoms with Crippen LogP contribution in [0.1, 0.15) is 12.5 Å². The third-order valence-corrected chi connectivity index (χ3v) is 3.84. The molecule has 0 unspecified atom stereocenters. The van der Waals surface area contributed by atoms with Crippen LogP contribution in [0.2, 0.25) is 5.02 Å². The molecular formula is C15H17ClF3N3O3. The van der Waals surface area contributed by atoms with Crippen molar-refractivity contribution in [3.63, 3.8) is 0 Å². The third-order valence-electron chi connectivity index (χ3n) is 3.61. The van der Waals surface area contributed by atoms with Gasteiger partial charge in [0, 0.05) is 31.6 Å². The van der Waals surface area contributed by atoms with Crippen molar-refractivity contribution in [2.45, 2.75) is 19.2 Å². The summed E-state index contributed by atoms with van der Waals surface area (Å²) in [6.45, 7) is 2.61. The minimum atomic E-state index is -4.65. The summed E-state index contributed by atoms with van der Waals surface area (Å²) in [4.78, 5) is 24.8. The van der Waals surface area contributed by atoms with Gasteiger partial charge in [-0.25, -0.2) is 4.79 Å². The molecule has 1 saturated heterocycles. The SMILES string of the molecule is CC(=O)N1CCO[C@H](CNC(=O)Nc2ccc(Cl)cc2C(F)(F)F)C1. The lowest BCUT2D eigenvalue weighted by molar-refractivity contribution is -0.137. The van der Waals surface area contributed by atoms with Gasteiger partial charge in [0.2, 0.25) is 5.91 Å². The quantitative estimate of drug-likeness (QED) is 0.848. The van der Waals surface area contributed by atoms with Crippen LogP contribution in [-0.4, -0.2) is 49.2 Å². The van der Waals surface area contributed by atoms with Gasteiger partial charge in [0.1, 0.15) is 0 Å². The van der Waals surface area contributed by atoms with Crippen molar-refractivity contribution < 1.29 is 27.5 Å². The summed E-state index contributed by atoms with van der Waals surface area (Å²) < 4.78 is 44.4. The van der Waals surface area contributed by atoms with Crippen molar-refractivity contribution in [1.29, 1.82) is 0 Å². The van der Waals surface area contributed by atoms with E-state index in [1.807, 2.05) is 0 Å². The summed E-state index contributed by atoms with van der Waals surface area (Å²) in [6, 6.07) is 2.27. The minimum absolute atomic E-state index is 0.0601. The van der Waals surface area contributed by atoms with Gasteiger partial charge in [-0.15, -0.1) is 0 Å². The molecule has 0 spiro atoms. The summed E-state index contributed by atoms with van der Waals surface area (Å²) in [6.07, 6.45) is -5.07. The van der Waals surface area contributed by atoms with Crippen LogP contribution in [0.15, 0.2) is 18.2 Å². The molecule has 0 saturated carbocycles. The van der Waals surface area contributed by atoms with Crippen LogP contribution in [0.25, 0.3) is 0 Å². The minimum Gasteiger partial charge on any atom is -0.373 e. The molecule has 0 radical (unpaired) electrons. The molecule has 1 aliphatic heterocycles. The summed E-state index contributed by atoms with van der Waals surface area (Å²) in [5, 5.41) is 4.51. The molecule has 1 aromatic carbocycles. The summed E-state index contributed by atoms with van der Waals surface area (Å²) >= 11 is 5.58. The lowest BCUT2D eigenvalue weighted by atomic mass is 10.1. The molecule has 10 heteroatoms. The molecule has 1 atom stereocenters. The molecule has 2 N–H and O–H groups in total. The Kier molecular flexibility index (Phi) is 6.12. The average molecular weight is 380 g/mol. The number of hydrogen-bond acceptors (Lipinski definition) is 3. The topological polar surface area (TPSA) is 70.7 Å². The van der Waals surface area contributed by atoms with E-state index >= 15 is 0 Å². The summed E-state index contributed by atoms with van der Waals surface area (Å²) in [5.41, 5.74) is -1.43. The number of nitrogens with one attached hydrogen (secondary N) is 2. The van der Waals surface area contributed by atoms with Crippen LogP contribution in [0, 0.1) is 0 Å². The molecule has 0 aromatic heterocycles. The Morgan fingerprint density at radius 2 is 2.12 bits per heavy atom. The standard InChI is InChI=1S/C15H17ClF3N3O3/c1-9(23)22-4-5-25-11(8-22)7-20-14(24)21-13-3-2-10(16)6-12(13)15(17,18)19/h2-3,6,11H,4-5,7-8H2,1H3,(H2,20,21,24)/t11-/m1/s1. The zero-order valence-electron chi connectivity index (χ0n) is 13.3. The number of hydrogen-bond donors (Lipinski definition) is 2. The first kappa shape index (κ1) is 19.3. The van der Waals surface area contributed by atoms with Gasteiger partial charge in [-0.2, -0.15) is 13.2 Å². The molecule has 1 heterocycles. The highest BCUT2D eigenvalue weighted by Crippen LogP contribution is 2.36. The molecule has 138 valence electrons. The number of anilines is 1. The van der Waals surface area contributed by atoms with E-state index in [4.69, 9.17) is 16.3 Å². The normalized spacial score (nSPS) is 18.0. The van der Waals surface area contributed by atoms with Gasteiger partial charge in [0.25, 0.3) is 0 Å². The number of ether oxygens (including phenoxy) is 1. The van der Waals surface area contributed by atoms with Crippen LogP contribution in [0.5, 0.6) is 0 Å². The fourth-order valence-electron chi connectivity index (χ4n) is 2.36. The Labute approximate surface area is 147 Å². The largest absolute Gasteiger partial charge is 0.418 e. The van der Waals surface area contributed by atoms with Crippen LogP contribution >= 0.6 is 11.6 Å². The Bertz CT molecular complexity index is 655. The number of morpholine rings is 1. The second-order valence-corrected chi connectivity index (χ2v) is 5.92. The van der Waals surface area contributed by atoms with Crippen LogP contribution < -0.4 is 10.6 Å². The monoisotopic (exact) mass is 379 g/mol. The highest BCUT2D eigenvalue weighted by atomic mass is 35.5. The number of urea groups is 1. The van der Waals surface area contributed by atoms with E-state index in [1.165, 1.54) is 13.0 Å². The molecular weight excluding hydrogens is 363 g/mol. The van der Waals surface area contributed by atoms with Crippen LogP contribution in [0.4, 0.5) is 23.7 Å².